The predicted molar refractivity (Wildman–Crippen MR) is 103 cm³/mol. The average molecular weight is 342 g/mol. The molecule has 0 N–H and O–H groups in total. The minimum atomic E-state index is -0.491. The molecule has 130 valence electrons. The molecule has 1 atom stereocenters. The molecular formula is C23H22N2O. The molecule has 0 unspecified atom stereocenters. The third-order valence-electron chi connectivity index (χ3n) is 5.54. The quantitative estimate of drug-likeness (QED) is 0.682. The van der Waals surface area contributed by atoms with Crippen molar-refractivity contribution in [3.8, 4) is 0 Å². The molecule has 26 heavy (non-hydrogen) atoms. The maximum atomic E-state index is 6.83. The number of anilines is 1. The van der Waals surface area contributed by atoms with Crippen molar-refractivity contribution in [3.63, 3.8) is 0 Å². The number of nitrogens with zero attached hydrogens (tertiary/aromatic N) is 2. The van der Waals surface area contributed by atoms with Crippen LogP contribution in [0.5, 0.6) is 0 Å². The Morgan fingerprint density at radius 3 is 1.85 bits per heavy atom. The van der Waals surface area contributed by atoms with E-state index in [1.165, 1.54) is 17.5 Å². The van der Waals surface area contributed by atoms with E-state index in [1.807, 2.05) is 11.2 Å². The molecule has 5 rings (SSSR count). The monoisotopic (exact) mass is 342 g/mol. The predicted octanol–water partition coefficient (Wildman–Crippen LogP) is 4.76. The lowest BCUT2D eigenvalue weighted by Crippen LogP contribution is -2.41. The second-order valence-electron chi connectivity index (χ2n) is 6.99. The molecule has 0 bridgehead atoms. The molecule has 3 nitrogen and oxygen atoms in total. The van der Waals surface area contributed by atoms with Crippen LogP contribution in [0.25, 0.3) is 0 Å². The van der Waals surface area contributed by atoms with Crippen LogP contribution in [0.1, 0.15) is 24.0 Å². The van der Waals surface area contributed by atoms with Gasteiger partial charge in [-0.25, -0.2) is 4.84 Å². The minimum Gasteiger partial charge on any atom is -0.240 e. The summed E-state index contributed by atoms with van der Waals surface area (Å²) in [6, 6.07) is 32.0. The second kappa shape index (κ2) is 6.27. The Morgan fingerprint density at radius 1 is 0.731 bits per heavy atom. The van der Waals surface area contributed by atoms with Gasteiger partial charge >= 0.3 is 0 Å². The molecular weight excluding hydrogens is 320 g/mol. The maximum Gasteiger partial charge on any atom is 0.165 e. The highest BCUT2D eigenvalue weighted by Crippen LogP contribution is 2.50. The van der Waals surface area contributed by atoms with E-state index < -0.39 is 5.60 Å². The Hall–Kier alpha value is -2.62. The first-order valence-corrected chi connectivity index (χ1v) is 9.31. The van der Waals surface area contributed by atoms with E-state index in [1.54, 1.807) is 0 Å². The summed E-state index contributed by atoms with van der Waals surface area (Å²) < 4.78 is 0. The molecule has 2 heterocycles. The summed E-state index contributed by atoms with van der Waals surface area (Å²) >= 11 is 0. The van der Waals surface area contributed by atoms with Gasteiger partial charge in [0.25, 0.3) is 0 Å². The van der Waals surface area contributed by atoms with Crippen LogP contribution in [0.3, 0.4) is 0 Å². The number of rotatable bonds is 3. The van der Waals surface area contributed by atoms with Gasteiger partial charge in [0, 0.05) is 6.54 Å². The first-order valence-electron chi connectivity index (χ1n) is 9.31. The normalized spacial score (nSPS) is 21.7. The van der Waals surface area contributed by atoms with Gasteiger partial charge in [-0.3, -0.25) is 0 Å². The van der Waals surface area contributed by atoms with Crippen LogP contribution in [0.2, 0.25) is 0 Å². The fraction of sp³-hybridized carbons (Fsp3) is 0.217. The summed E-state index contributed by atoms with van der Waals surface area (Å²) in [5, 5.41) is 4.42. The number of hydrogen-bond donors (Lipinski definition) is 0. The molecule has 3 aromatic rings. The smallest absolute Gasteiger partial charge is 0.165 e. The molecule has 0 aromatic heterocycles. The Balaban J connectivity index is 1.70. The van der Waals surface area contributed by atoms with Crippen LogP contribution in [0.4, 0.5) is 5.69 Å². The summed E-state index contributed by atoms with van der Waals surface area (Å²) in [5.41, 5.74) is 3.01. The van der Waals surface area contributed by atoms with Gasteiger partial charge in [-0.1, -0.05) is 78.9 Å². The third kappa shape index (κ3) is 2.28. The molecule has 0 radical (unpaired) electrons. The zero-order chi connectivity index (χ0) is 17.4. The summed E-state index contributed by atoms with van der Waals surface area (Å²) in [6.07, 6.45) is 2.30. The van der Waals surface area contributed by atoms with E-state index >= 15 is 0 Å². The molecule has 0 amide bonds. The van der Waals surface area contributed by atoms with Gasteiger partial charge in [-0.15, -0.1) is 0 Å². The number of hydrogen-bond acceptors (Lipinski definition) is 3. The van der Waals surface area contributed by atoms with Crippen LogP contribution in [0.15, 0.2) is 91.0 Å². The topological polar surface area (TPSA) is 15.7 Å². The highest BCUT2D eigenvalue weighted by Gasteiger charge is 2.57. The van der Waals surface area contributed by atoms with Gasteiger partial charge in [-0.2, -0.15) is 10.2 Å². The Bertz CT molecular complexity index is 827. The van der Waals surface area contributed by atoms with Crippen LogP contribution in [0, 0.1) is 0 Å². The SMILES string of the molecule is c1ccc(N2OC(c3ccccc3)(c3ccccc3)[C@H]3CCCN32)cc1. The maximum absolute atomic E-state index is 6.83. The summed E-state index contributed by atoms with van der Waals surface area (Å²) in [4.78, 5) is 6.83. The van der Waals surface area contributed by atoms with Gasteiger partial charge in [0.15, 0.2) is 5.60 Å². The highest BCUT2D eigenvalue weighted by molar-refractivity contribution is 5.48. The van der Waals surface area contributed by atoms with Crippen molar-refractivity contribution in [2.45, 2.75) is 24.5 Å². The summed E-state index contributed by atoms with van der Waals surface area (Å²) in [7, 11) is 0. The third-order valence-corrected chi connectivity index (χ3v) is 5.54. The number of fused-ring (bicyclic) bond motifs is 1. The van der Waals surface area contributed by atoms with E-state index in [0.717, 1.165) is 18.7 Å². The van der Waals surface area contributed by atoms with E-state index in [4.69, 9.17) is 4.84 Å². The van der Waals surface area contributed by atoms with Gasteiger partial charge in [0.1, 0.15) is 0 Å². The number of hydrazine groups is 1. The molecule has 0 saturated carbocycles. The lowest BCUT2D eigenvalue weighted by atomic mass is 9.79. The van der Waals surface area contributed by atoms with Crippen LogP contribution < -0.4 is 5.17 Å². The Kier molecular flexibility index (Phi) is 3.77. The molecule has 0 aliphatic carbocycles. The Labute approximate surface area is 154 Å². The molecule has 3 heteroatoms. The molecule has 3 aromatic carbocycles. The largest absolute Gasteiger partial charge is 0.240 e. The van der Waals surface area contributed by atoms with Crippen molar-refractivity contribution in [1.29, 1.82) is 0 Å². The molecule has 2 aliphatic rings. The van der Waals surface area contributed by atoms with E-state index in [9.17, 15) is 0 Å². The summed E-state index contributed by atoms with van der Waals surface area (Å²) in [5.74, 6) is 0. The van der Waals surface area contributed by atoms with Gasteiger partial charge in [0.2, 0.25) is 0 Å². The summed E-state index contributed by atoms with van der Waals surface area (Å²) in [6.45, 7) is 1.01. The standard InChI is InChI=1S/C23H22N2O/c1-4-11-19(12-5-1)23(20-13-6-2-7-14-20)22-17-10-18-24(22)25(26-23)21-15-8-3-9-16-21/h1-9,11-16,22H,10,17-18H2/t22-/m1/s1. The first-order chi connectivity index (χ1) is 12.9. The Morgan fingerprint density at radius 2 is 1.27 bits per heavy atom. The lowest BCUT2D eigenvalue weighted by Gasteiger charge is -2.32. The van der Waals surface area contributed by atoms with Gasteiger partial charge < -0.3 is 0 Å². The van der Waals surface area contributed by atoms with Crippen molar-refractivity contribution in [2.75, 3.05) is 11.7 Å². The van der Waals surface area contributed by atoms with E-state index in [0.29, 0.717) is 0 Å². The van der Waals surface area contributed by atoms with Crippen LogP contribution >= 0.6 is 0 Å². The number of benzene rings is 3. The van der Waals surface area contributed by atoms with E-state index in [2.05, 4.69) is 89.9 Å². The van der Waals surface area contributed by atoms with Crippen molar-refractivity contribution in [3.05, 3.63) is 102 Å². The molecule has 0 spiro atoms. The number of para-hydroxylation sites is 1. The van der Waals surface area contributed by atoms with Crippen molar-refractivity contribution in [1.82, 2.24) is 5.01 Å². The average Bonchev–Trinajstić information content (AvgIpc) is 3.32. The molecule has 2 fully saturated rings. The van der Waals surface area contributed by atoms with Gasteiger partial charge in [-0.05, 0) is 36.1 Å². The lowest BCUT2D eigenvalue weighted by molar-refractivity contribution is -0.00429. The second-order valence-corrected chi connectivity index (χ2v) is 6.99. The van der Waals surface area contributed by atoms with Gasteiger partial charge in [0.05, 0.1) is 11.7 Å². The van der Waals surface area contributed by atoms with Crippen molar-refractivity contribution >= 4 is 5.69 Å². The highest BCUT2D eigenvalue weighted by atomic mass is 16.8. The van der Waals surface area contributed by atoms with Crippen LogP contribution in [-0.4, -0.2) is 17.6 Å². The van der Waals surface area contributed by atoms with E-state index in [-0.39, 0.29) is 6.04 Å². The zero-order valence-corrected chi connectivity index (χ0v) is 14.7. The van der Waals surface area contributed by atoms with Crippen molar-refractivity contribution in [2.24, 2.45) is 0 Å². The molecule has 2 saturated heterocycles. The molecule has 2 aliphatic heterocycles. The fourth-order valence-corrected chi connectivity index (χ4v) is 4.42. The minimum absolute atomic E-state index is 0.285. The fourth-order valence-electron chi connectivity index (χ4n) is 4.42. The van der Waals surface area contributed by atoms with Crippen molar-refractivity contribution < 1.29 is 4.84 Å². The first kappa shape index (κ1) is 15.6. The zero-order valence-electron chi connectivity index (χ0n) is 14.7. The van der Waals surface area contributed by atoms with Crippen LogP contribution in [-0.2, 0) is 10.4 Å².